The number of hydrogen-bond acceptors (Lipinski definition) is 3. The van der Waals surface area contributed by atoms with Crippen LogP contribution in [-0.4, -0.2) is 29.3 Å². The van der Waals surface area contributed by atoms with Crippen LogP contribution in [0.15, 0.2) is 0 Å². The van der Waals surface area contributed by atoms with Gasteiger partial charge in [-0.05, 0) is 19.3 Å². The zero-order chi connectivity index (χ0) is 8.60. The van der Waals surface area contributed by atoms with E-state index in [1.54, 1.807) is 0 Å². The molecule has 0 atom stereocenters. The van der Waals surface area contributed by atoms with Gasteiger partial charge in [-0.25, -0.2) is 5.43 Å². The summed E-state index contributed by atoms with van der Waals surface area (Å²) in [5, 5.41) is 1.44. The first-order valence-corrected chi connectivity index (χ1v) is 4.28. The van der Waals surface area contributed by atoms with Gasteiger partial charge >= 0.3 is 0 Å². The van der Waals surface area contributed by atoms with E-state index in [4.69, 9.17) is 0 Å². The van der Waals surface area contributed by atoms with E-state index in [2.05, 4.69) is 5.43 Å². The Balaban J connectivity index is 2.01. The Labute approximate surface area is 70.9 Å². The van der Waals surface area contributed by atoms with Crippen molar-refractivity contribution < 1.29 is 9.59 Å². The highest BCUT2D eigenvalue weighted by molar-refractivity contribution is 5.81. The Hall–Kier alpha value is -0.900. The Morgan fingerprint density at radius 2 is 2.33 bits per heavy atom. The van der Waals surface area contributed by atoms with Crippen molar-refractivity contribution in [3.8, 4) is 0 Å². The smallest absolute Gasteiger partial charge is 0.239 e. The number of nitrogens with one attached hydrogen (secondary N) is 1. The van der Waals surface area contributed by atoms with Gasteiger partial charge in [-0.15, -0.1) is 0 Å². The SMILES string of the molecule is O=CCN1NC2(CCC2)CC1=O. The molecule has 0 aromatic heterocycles. The summed E-state index contributed by atoms with van der Waals surface area (Å²) in [6.07, 6.45) is 4.64. The molecule has 1 amide bonds. The molecule has 1 saturated heterocycles. The highest BCUT2D eigenvalue weighted by atomic mass is 16.2. The van der Waals surface area contributed by atoms with Gasteiger partial charge in [0.2, 0.25) is 5.91 Å². The molecule has 0 aromatic rings. The highest BCUT2D eigenvalue weighted by Gasteiger charge is 2.46. The van der Waals surface area contributed by atoms with Crippen LogP contribution in [0.5, 0.6) is 0 Å². The molecular formula is C8H12N2O2. The van der Waals surface area contributed by atoms with Gasteiger partial charge in [0.15, 0.2) is 0 Å². The van der Waals surface area contributed by atoms with Crippen LogP contribution in [0.4, 0.5) is 0 Å². The van der Waals surface area contributed by atoms with Gasteiger partial charge in [0.05, 0.1) is 6.54 Å². The van der Waals surface area contributed by atoms with Crippen molar-refractivity contribution in [1.29, 1.82) is 0 Å². The first-order chi connectivity index (χ1) is 5.76. The van der Waals surface area contributed by atoms with Gasteiger partial charge in [0.25, 0.3) is 0 Å². The lowest BCUT2D eigenvalue weighted by Gasteiger charge is -2.37. The van der Waals surface area contributed by atoms with E-state index in [0.717, 1.165) is 19.1 Å². The third-order valence-corrected chi connectivity index (χ3v) is 2.73. The molecule has 1 spiro atoms. The van der Waals surface area contributed by atoms with Crippen LogP contribution in [-0.2, 0) is 9.59 Å². The van der Waals surface area contributed by atoms with Crippen LogP contribution in [0.1, 0.15) is 25.7 Å². The Kier molecular flexibility index (Phi) is 1.65. The van der Waals surface area contributed by atoms with E-state index in [9.17, 15) is 9.59 Å². The average Bonchev–Trinajstić information content (AvgIpc) is 2.29. The fourth-order valence-electron chi connectivity index (χ4n) is 1.89. The summed E-state index contributed by atoms with van der Waals surface area (Å²) in [6.45, 7) is 0.181. The number of hydrazine groups is 1. The molecular weight excluding hydrogens is 156 g/mol. The lowest BCUT2D eigenvalue weighted by atomic mass is 9.76. The molecule has 0 bridgehead atoms. The summed E-state index contributed by atoms with van der Waals surface area (Å²) >= 11 is 0. The van der Waals surface area contributed by atoms with Crippen LogP contribution in [0.25, 0.3) is 0 Å². The molecule has 0 radical (unpaired) electrons. The molecule has 2 rings (SSSR count). The van der Waals surface area contributed by atoms with Gasteiger partial charge in [0, 0.05) is 12.0 Å². The average molecular weight is 168 g/mol. The summed E-state index contributed by atoms with van der Waals surface area (Å²) in [7, 11) is 0. The highest BCUT2D eigenvalue weighted by Crippen LogP contribution is 2.38. The number of nitrogens with zero attached hydrogens (tertiary/aromatic N) is 1. The molecule has 4 heteroatoms. The normalized spacial score (nSPS) is 26.0. The second-order valence-corrected chi connectivity index (χ2v) is 3.59. The molecule has 1 N–H and O–H groups in total. The summed E-state index contributed by atoms with van der Waals surface area (Å²) in [5.74, 6) is 0.0572. The first kappa shape index (κ1) is 7.73. The number of carbonyl (C=O) groups excluding carboxylic acids is 2. The first-order valence-electron chi connectivity index (χ1n) is 4.28. The minimum absolute atomic E-state index is 0.0279. The van der Waals surface area contributed by atoms with Gasteiger partial charge < -0.3 is 4.79 Å². The predicted molar refractivity (Wildman–Crippen MR) is 42.1 cm³/mol. The minimum atomic E-state index is 0.0279. The Morgan fingerprint density at radius 1 is 1.58 bits per heavy atom. The van der Waals surface area contributed by atoms with Crippen molar-refractivity contribution in [2.75, 3.05) is 6.54 Å². The van der Waals surface area contributed by atoms with Crippen molar-refractivity contribution in [3.05, 3.63) is 0 Å². The Morgan fingerprint density at radius 3 is 2.75 bits per heavy atom. The zero-order valence-corrected chi connectivity index (χ0v) is 6.88. The van der Waals surface area contributed by atoms with E-state index in [-0.39, 0.29) is 18.0 Å². The summed E-state index contributed by atoms with van der Waals surface area (Å²) in [6, 6.07) is 0. The van der Waals surface area contributed by atoms with Crippen LogP contribution in [0.3, 0.4) is 0 Å². The third-order valence-electron chi connectivity index (χ3n) is 2.73. The third kappa shape index (κ3) is 1.03. The van der Waals surface area contributed by atoms with E-state index in [1.165, 1.54) is 11.4 Å². The number of amides is 1. The molecule has 0 unspecified atom stereocenters. The van der Waals surface area contributed by atoms with E-state index >= 15 is 0 Å². The van der Waals surface area contributed by atoms with Crippen LogP contribution >= 0.6 is 0 Å². The van der Waals surface area contributed by atoms with E-state index in [0.29, 0.717) is 6.42 Å². The van der Waals surface area contributed by atoms with Crippen molar-refractivity contribution in [2.45, 2.75) is 31.2 Å². The maximum absolute atomic E-state index is 11.3. The maximum Gasteiger partial charge on any atom is 0.239 e. The number of rotatable bonds is 2. The number of carbonyl (C=O) groups is 2. The molecule has 0 aromatic carbocycles. The zero-order valence-electron chi connectivity index (χ0n) is 6.88. The molecule has 4 nitrogen and oxygen atoms in total. The lowest BCUT2D eigenvalue weighted by molar-refractivity contribution is -0.131. The lowest BCUT2D eigenvalue weighted by Crippen LogP contribution is -2.51. The van der Waals surface area contributed by atoms with E-state index < -0.39 is 0 Å². The molecule has 66 valence electrons. The van der Waals surface area contributed by atoms with Crippen molar-refractivity contribution >= 4 is 12.2 Å². The largest absolute Gasteiger partial charge is 0.301 e. The summed E-state index contributed by atoms with van der Waals surface area (Å²) in [5.41, 5.74) is 3.13. The topological polar surface area (TPSA) is 49.4 Å². The fraction of sp³-hybridized carbons (Fsp3) is 0.750. The standard InChI is InChI=1S/C8H12N2O2/c11-5-4-10-7(12)6-8(9-10)2-1-3-8/h5,9H,1-4,6H2. The fourth-order valence-corrected chi connectivity index (χ4v) is 1.89. The van der Waals surface area contributed by atoms with Gasteiger partial charge in [-0.2, -0.15) is 0 Å². The molecule has 12 heavy (non-hydrogen) atoms. The second-order valence-electron chi connectivity index (χ2n) is 3.59. The second kappa shape index (κ2) is 2.55. The maximum atomic E-state index is 11.3. The summed E-state index contributed by atoms with van der Waals surface area (Å²) in [4.78, 5) is 21.5. The quantitative estimate of drug-likeness (QED) is 0.583. The molecule has 2 aliphatic rings. The summed E-state index contributed by atoms with van der Waals surface area (Å²) < 4.78 is 0. The number of hydrogen-bond donors (Lipinski definition) is 1. The van der Waals surface area contributed by atoms with Crippen LogP contribution < -0.4 is 5.43 Å². The predicted octanol–water partition coefficient (Wildman–Crippen LogP) is -0.155. The monoisotopic (exact) mass is 168 g/mol. The number of aldehydes is 1. The Bertz CT molecular complexity index is 223. The van der Waals surface area contributed by atoms with Crippen molar-refractivity contribution in [3.63, 3.8) is 0 Å². The van der Waals surface area contributed by atoms with Crippen molar-refractivity contribution in [1.82, 2.24) is 10.4 Å². The van der Waals surface area contributed by atoms with Crippen LogP contribution in [0.2, 0.25) is 0 Å². The van der Waals surface area contributed by atoms with Gasteiger partial charge in [-0.1, -0.05) is 0 Å². The van der Waals surface area contributed by atoms with E-state index in [1.807, 2.05) is 0 Å². The van der Waals surface area contributed by atoms with Crippen LogP contribution in [0, 0.1) is 0 Å². The van der Waals surface area contributed by atoms with Gasteiger partial charge in [-0.3, -0.25) is 9.80 Å². The molecule has 1 aliphatic carbocycles. The molecule has 1 heterocycles. The van der Waals surface area contributed by atoms with Gasteiger partial charge in [0.1, 0.15) is 6.29 Å². The molecule has 1 saturated carbocycles. The minimum Gasteiger partial charge on any atom is -0.301 e. The molecule has 1 aliphatic heterocycles. The van der Waals surface area contributed by atoms with Crippen molar-refractivity contribution in [2.24, 2.45) is 0 Å². The molecule has 2 fully saturated rings.